The molecular weight excluding hydrogens is 340 g/mol. The molecule has 0 aliphatic heterocycles. The summed E-state index contributed by atoms with van der Waals surface area (Å²) in [7, 11) is -0.0249. The molecule has 0 atom stereocenters. The van der Waals surface area contributed by atoms with Gasteiger partial charge in [-0.15, -0.1) is 0 Å². The maximum absolute atomic E-state index is 9.26. The Morgan fingerprint density at radius 1 is 0.731 bits per heavy atom. The molecule has 0 amide bonds. The zero-order chi connectivity index (χ0) is 18.8. The van der Waals surface area contributed by atoms with Crippen LogP contribution in [0.3, 0.4) is 0 Å². The number of carboxylic acids is 1. The smallest absolute Gasteiger partial charge is 0.166 e. The van der Waals surface area contributed by atoms with Crippen molar-refractivity contribution in [1.29, 1.82) is 0 Å². The molecule has 134 valence electrons. The van der Waals surface area contributed by atoms with E-state index < -0.39 is 5.97 Å². The van der Waals surface area contributed by atoms with Crippen LogP contribution < -0.4 is 5.11 Å². The molecule has 3 aromatic rings. The highest BCUT2D eigenvalue weighted by atomic mass is 32.2. The average molecular weight is 365 g/mol. The van der Waals surface area contributed by atoms with Crippen molar-refractivity contribution in [3.63, 3.8) is 0 Å². The number of carbonyl (C=O) groups is 1. The van der Waals surface area contributed by atoms with E-state index in [0.29, 0.717) is 0 Å². The van der Waals surface area contributed by atoms with Crippen molar-refractivity contribution in [2.45, 2.75) is 41.4 Å². The van der Waals surface area contributed by atoms with Crippen LogP contribution in [0.4, 0.5) is 0 Å². The Labute approximate surface area is 158 Å². The molecule has 0 saturated heterocycles. The lowest BCUT2D eigenvalue weighted by atomic mass is 10.2. The second kappa shape index (κ2) is 10.5. The first kappa shape index (κ1) is 19.8. The molecule has 3 rings (SSSR count). The number of carbonyl (C=O) groups excluding carboxylic acids is 1. The highest BCUT2D eigenvalue weighted by molar-refractivity contribution is 7.97. The molecule has 3 heteroatoms. The van der Waals surface area contributed by atoms with Gasteiger partial charge < -0.3 is 9.90 Å². The summed E-state index contributed by atoms with van der Waals surface area (Å²) in [4.78, 5) is 13.4. The Balaban J connectivity index is 0.000000431. The number of hydrogen-bond acceptors (Lipinski definition) is 2. The molecule has 0 spiro atoms. The molecule has 0 unspecified atom stereocenters. The Hall–Kier alpha value is -2.52. The summed E-state index contributed by atoms with van der Waals surface area (Å²) >= 11 is 0. The lowest BCUT2D eigenvalue weighted by Gasteiger charge is -2.08. The maximum atomic E-state index is 9.26. The molecule has 0 saturated carbocycles. The van der Waals surface area contributed by atoms with Gasteiger partial charge in [0.1, 0.15) is 0 Å². The molecule has 0 heterocycles. The monoisotopic (exact) mass is 364 g/mol. The predicted octanol–water partition coefficient (Wildman–Crippen LogP) is 4.49. The lowest BCUT2D eigenvalue weighted by Crippen LogP contribution is -2.19. The molecule has 0 fully saturated rings. The predicted molar refractivity (Wildman–Crippen MR) is 106 cm³/mol. The maximum Gasteiger partial charge on any atom is 0.166 e. The standard InChI is InChI=1S/C20H19S.C3H6O2/c1-2-17-13-15-20(16-14-17)21(18-9-5-3-6-10-18)19-11-7-4-8-12-19;1-2-3(4)5/h3-16H,2H2,1H3;2H2,1H3,(H,4,5)/q+1;/p-1. The van der Waals surface area contributed by atoms with Crippen LogP contribution >= 0.6 is 0 Å². The van der Waals surface area contributed by atoms with E-state index >= 15 is 0 Å². The van der Waals surface area contributed by atoms with E-state index in [1.165, 1.54) is 27.2 Å². The molecular formula is C23H24O2S. The summed E-state index contributed by atoms with van der Waals surface area (Å²) in [6, 6.07) is 30.6. The van der Waals surface area contributed by atoms with Crippen LogP contribution in [0.5, 0.6) is 0 Å². The Kier molecular flexibility index (Phi) is 7.97. The zero-order valence-electron chi connectivity index (χ0n) is 15.2. The normalized spacial score (nSPS) is 10.1. The van der Waals surface area contributed by atoms with Crippen molar-refractivity contribution in [3.8, 4) is 0 Å². The van der Waals surface area contributed by atoms with Crippen LogP contribution in [0.25, 0.3) is 0 Å². The zero-order valence-corrected chi connectivity index (χ0v) is 16.0. The van der Waals surface area contributed by atoms with Gasteiger partial charge in [0.15, 0.2) is 14.7 Å². The summed E-state index contributed by atoms with van der Waals surface area (Å²) < 4.78 is 0. The first-order valence-electron chi connectivity index (χ1n) is 8.78. The highest BCUT2D eigenvalue weighted by Crippen LogP contribution is 2.30. The van der Waals surface area contributed by atoms with Crippen LogP contribution in [-0.4, -0.2) is 5.97 Å². The summed E-state index contributed by atoms with van der Waals surface area (Å²) in [5.74, 6) is -0.995. The van der Waals surface area contributed by atoms with Gasteiger partial charge in [0.25, 0.3) is 0 Å². The third-order valence-corrected chi connectivity index (χ3v) is 6.04. The second-order valence-electron chi connectivity index (χ2n) is 5.66. The van der Waals surface area contributed by atoms with E-state index in [4.69, 9.17) is 0 Å². The molecule has 0 aromatic heterocycles. The number of aryl methyl sites for hydroxylation is 1. The van der Waals surface area contributed by atoms with Gasteiger partial charge in [-0.25, -0.2) is 0 Å². The average Bonchev–Trinajstić information content (AvgIpc) is 2.71. The van der Waals surface area contributed by atoms with Crippen LogP contribution in [0, 0.1) is 0 Å². The van der Waals surface area contributed by atoms with E-state index in [2.05, 4.69) is 91.9 Å². The van der Waals surface area contributed by atoms with Gasteiger partial charge in [-0.05, 0) is 54.8 Å². The number of aliphatic carboxylic acids is 1. The van der Waals surface area contributed by atoms with Crippen molar-refractivity contribution in [2.24, 2.45) is 0 Å². The molecule has 0 radical (unpaired) electrons. The van der Waals surface area contributed by atoms with E-state index in [9.17, 15) is 9.90 Å². The van der Waals surface area contributed by atoms with E-state index in [-0.39, 0.29) is 17.3 Å². The van der Waals surface area contributed by atoms with Crippen LogP contribution in [-0.2, 0) is 22.1 Å². The third kappa shape index (κ3) is 5.78. The third-order valence-electron chi connectivity index (χ3n) is 3.81. The van der Waals surface area contributed by atoms with E-state index in [0.717, 1.165) is 6.42 Å². The Bertz CT molecular complexity index is 744. The minimum absolute atomic E-state index is 0.0249. The molecule has 0 aliphatic carbocycles. The molecule has 3 aromatic carbocycles. The second-order valence-corrected chi connectivity index (χ2v) is 7.68. The summed E-state index contributed by atoms with van der Waals surface area (Å²) in [6.07, 6.45) is 1.20. The molecule has 2 nitrogen and oxygen atoms in total. The van der Waals surface area contributed by atoms with Crippen LogP contribution in [0.1, 0.15) is 25.8 Å². The fourth-order valence-corrected chi connectivity index (χ4v) is 4.47. The van der Waals surface area contributed by atoms with Crippen molar-refractivity contribution < 1.29 is 9.90 Å². The fourth-order valence-electron chi connectivity index (χ4n) is 2.38. The Morgan fingerprint density at radius 3 is 1.46 bits per heavy atom. The van der Waals surface area contributed by atoms with Crippen LogP contribution in [0.15, 0.2) is 99.6 Å². The summed E-state index contributed by atoms with van der Waals surface area (Å²) in [6.45, 7) is 3.73. The van der Waals surface area contributed by atoms with E-state index in [1.807, 2.05) is 0 Å². The number of hydrogen-bond donors (Lipinski definition) is 0. The largest absolute Gasteiger partial charge is 0.550 e. The van der Waals surface area contributed by atoms with Gasteiger partial charge in [-0.2, -0.15) is 0 Å². The van der Waals surface area contributed by atoms with Crippen molar-refractivity contribution in [1.82, 2.24) is 0 Å². The molecule has 0 aliphatic rings. The summed E-state index contributed by atoms with van der Waals surface area (Å²) in [5.41, 5.74) is 1.39. The lowest BCUT2D eigenvalue weighted by molar-refractivity contribution is -0.305. The summed E-state index contributed by atoms with van der Waals surface area (Å²) in [5, 5.41) is 9.26. The molecule has 0 bridgehead atoms. The minimum atomic E-state index is -0.995. The first-order chi connectivity index (χ1) is 12.7. The molecule has 26 heavy (non-hydrogen) atoms. The topological polar surface area (TPSA) is 40.1 Å². The number of carboxylic acid groups (broad SMARTS) is 1. The first-order valence-corrected chi connectivity index (χ1v) is 10.0. The van der Waals surface area contributed by atoms with Crippen molar-refractivity contribution in [2.75, 3.05) is 0 Å². The highest BCUT2D eigenvalue weighted by Gasteiger charge is 2.27. The minimum Gasteiger partial charge on any atom is -0.550 e. The number of benzene rings is 3. The fraction of sp³-hybridized carbons (Fsp3) is 0.174. The van der Waals surface area contributed by atoms with Crippen molar-refractivity contribution >= 4 is 16.9 Å². The van der Waals surface area contributed by atoms with Gasteiger partial charge in [-0.3, -0.25) is 0 Å². The Morgan fingerprint density at radius 2 is 1.12 bits per heavy atom. The van der Waals surface area contributed by atoms with Gasteiger partial charge in [-0.1, -0.05) is 62.4 Å². The SMILES string of the molecule is CCC(=O)[O-].CCc1ccc([S+](c2ccccc2)c2ccccc2)cc1. The van der Waals surface area contributed by atoms with Gasteiger partial charge >= 0.3 is 0 Å². The van der Waals surface area contributed by atoms with Gasteiger partial charge in [0, 0.05) is 5.97 Å². The number of rotatable bonds is 5. The van der Waals surface area contributed by atoms with Crippen molar-refractivity contribution in [3.05, 3.63) is 90.5 Å². The van der Waals surface area contributed by atoms with E-state index in [1.54, 1.807) is 0 Å². The van der Waals surface area contributed by atoms with Crippen LogP contribution in [0.2, 0.25) is 0 Å². The van der Waals surface area contributed by atoms with Gasteiger partial charge in [0.2, 0.25) is 0 Å². The van der Waals surface area contributed by atoms with Gasteiger partial charge in [0.05, 0.1) is 10.9 Å². The quantitative estimate of drug-likeness (QED) is 0.626. The molecule has 0 N–H and O–H groups in total.